The molecule has 1 fully saturated rings. The van der Waals surface area contributed by atoms with Crippen molar-refractivity contribution in [1.29, 1.82) is 0 Å². The van der Waals surface area contributed by atoms with E-state index in [2.05, 4.69) is 32.3 Å². The van der Waals surface area contributed by atoms with Crippen LogP contribution in [-0.4, -0.2) is 26.7 Å². The van der Waals surface area contributed by atoms with Crippen molar-refractivity contribution in [3.8, 4) is 22.5 Å². The summed E-state index contributed by atoms with van der Waals surface area (Å²) in [5, 5.41) is 8.00. The van der Waals surface area contributed by atoms with Gasteiger partial charge in [-0.05, 0) is 44.2 Å². The van der Waals surface area contributed by atoms with Crippen LogP contribution >= 0.6 is 0 Å². The molecule has 25 heavy (non-hydrogen) atoms. The maximum atomic E-state index is 5.85. The summed E-state index contributed by atoms with van der Waals surface area (Å²) in [6.45, 7) is 0.795. The van der Waals surface area contributed by atoms with E-state index in [1.165, 1.54) is 18.5 Å². The van der Waals surface area contributed by atoms with Gasteiger partial charge in [-0.2, -0.15) is 5.10 Å². The molecule has 5 nitrogen and oxygen atoms in total. The van der Waals surface area contributed by atoms with Crippen LogP contribution in [0.5, 0.6) is 0 Å². The molecule has 128 valence electrons. The van der Waals surface area contributed by atoms with Gasteiger partial charge < -0.3 is 5.73 Å². The molecule has 1 aliphatic carbocycles. The quantitative estimate of drug-likeness (QED) is 0.761. The van der Waals surface area contributed by atoms with Gasteiger partial charge in [0.15, 0.2) is 0 Å². The fourth-order valence-electron chi connectivity index (χ4n) is 3.84. The van der Waals surface area contributed by atoms with Crippen LogP contribution in [0.15, 0.2) is 48.9 Å². The van der Waals surface area contributed by atoms with Gasteiger partial charge in [0.25, 0.3) is 0 Å². The van der Waals surface area contributed by atoms with E-state index in [4.69, 9.17) is 5.73 Å². The predicted molar refractivity (Wildman–Crippen MR) is 98.8 cm³/mol. The zero-order valence-corrected chi connectivity index (χ0v) is 14.2. The molecule has 1 aliphatic rings. The highest BCUT2D eigenvalue weighted by Gasteiger charge is 2.27. The van der Waals surface area contributed by atoms with Gasteiger partial charge in [0.1, 0.15) is 12.0 Å². The van der Waals surface area contributed by atoms with Crippen LogP contribution in [0, 0.1) is 5.92 Å². The van der Waals surface area contributed by atoms with E-state index in [0.29, 0.717) is 11.8 Å². The van der Waals surface area contributed by atoms with Crippen molar-refractivity contribution < 1.29 is 0 Å². The minimum atomic E-state index is 0.484. The first-order chi connectivity index (χ1) is 12.4. The largest absolute Gasteiger partial charge is 0.330 e. The molecule has 0 radical (unpaired) electrons. The van der Waals surface area contributed by atoms with Gasteiger partial charge in [-0.1, -0.05) is 30.3 Å². The lowest BCUT2D eigenvalue weighted by atomic mass is 9.79. The highest BCUT2D eigenvalue weighted by Crippen LogP contribution is 2.41. The Bertz CT molecular complexity index is 805. The third kappa shape index (κ3) is 3.20. The molecule has 0 aliphatic heterocycles. The van der Waals surface area contributed by atoms with Crippen molar-refractivity contribution in [3.05, 3.63) is 54.6 Å². The Kier molecular flexibility index (Phi) is 4.57. The lowest BCUT2D eigenvalue weighted by Crippen LogP contribution is -2.21. The van der Waals surface area contributed by atoms with Gasteiger partial charge >= 0.3 is 0 Å². The Hall–Kier alpha value is -2.53. The van der Waals surface area contributed by atoms with Gasteiger partial charge in [0.2, 0.25) is 0 Å². The summed E-state index contributed by atoms with van der Waals surface area (Å²) in [7, 11) is 0. The van der Waals surface area contributed by atoms with Crippen LogP contribution in [0.1, 0.15) is 37.3 Å². The minimum Gasteiger partial charge on any atom is -0.330 e. The number of H-pyrrole nitrogens is 1. The van der Waals surface area contributed by atoms with Crippen LogP contribution in [0.4, 0.5) is 0 Å². The molecular formula is C20H23N5. The van der Waals surface area contributed by atoms with Crippen LogP contribution in [0.3, 0.4) is 0 Å². The Morgan fingerprint density at radius 2 is 1.84 bits per heavy atom. The number of nitrogens with two attached hydrogens (primary N) is 1. The topological polar surface area (TPSA) is 80.5 Å². The molecule has 1 saturated carbocycles. The number of hydrogen-bond donors (Lipinski definition) is 2. The maximum Gasteiger partial charge on any atom is 0.116 e. The lowest BCUT2D eigenvalue weighted by molar-refractivity contribution is 0.329. The summed E-state index contributed by atoms with van der Waals surface area (Å²) in [5.74, 6) is 1.15. The molecule has 3 N–H and O–H groups in total. The number of hydrogen-bond acceptors (Lipinski definition) is 4. The van der Waals surface area contributed by atoms with Crippen LogP contribution in [0.2, 0.25) is 0 Å². The van der Waals surface area contributed by atoms with E-state index in [9.17, 15) is 0 Å². The summed E-state index contributed by atoms with van der Waals surface area (Å²) in [6.07, 6.45) is 8.06. The molecule has 0 amide bonds. The first-order valence-electron chi connectivity index (χ1n) is 8.97. The molecule has 0 spiro atoms. The Labute approximate surface area is 147 Å². The minimum absolute atomic E-state index is 0.484. The number of aromatic nitrogens is 4. The molecule has 1 aromatic carbocycles. The standard InChI is InChI=1S/C20H23N5/c21-12-14-6-8-16(9-7-14)20-18(17-10-11-22-13-23-17)19(24-25-20)15-4-2-1-3-5-15/h1-5,10-11,13-14,16H,6-9,12,21H2,(H,24,25). The van der Waals surface area contributed by atoms with Crippen molar-refractivity contribution in [2.24, 2.45) is 11.7 Å². The molecule has 2 heterocycles. The van der Waals surface area contributed by atoms with Crippen LogP contribution < -0.4 is 5.73 Å². The van der Waals surface area contributed by atoms with Gasteiger partial charge in [-0.25, -0.2) is 9.97 Å². The number of benzene rings is 1. The summed E-state index contributed by atoms with van der Waals surface area (Å²) < 4.78 is 0. The van der Waals surface area contributed by atoms with Crippen molar-refractivity contribution in [2.75, 3.05) is 6.54 Å². The fourth-order valence-corrected chi connectivity index (χ4v) is 3.84. The van der Waals surface area contributed by atoms with Gasteiger partial charge in [0.05, 0.1) is 5.69 Å². The summed E-state index contributed by atoms with van der Waals surface area (Å²) in [4.78, 5) is 8.57. The molecule has 0 atom stereocenters. The van der Waals surface area contributed by atoms with E-state index in [1.54, 1.807) is 12.5 Å². The fraction of sp³-hybridized carbons (Fsp3) is 0.350. The molecule has 3 aromatic rings. The first-order valence-corrected chi connectivity index (χ1v) is 8.97. The van der Waals surface area contributed by atoms with Crippen molar-refractivity contribution in [1.82, 2.24) is 20.2 Å². The number of rotatable bonds is 4. The zero-order valence-electron chi connectivity index (χ0n) is 14.2. The number of aromatic amines is 1. The van der Waals surface area contributed by atoms with E-state index < -0.39 is 0 Å². The first kappa shape index (κ1) is 16.0. The zero-order chi connectivity index (χ0) is 17.1. The highest BCUT2D eigenvalue weighted by atomic mass is 15.1. The molecular weight excluding hydrogens is 310 g/mol. The van der Waals surface area contributed by atoms with Gasteiger partial charge in [-0.15, -0.1) is 0 Å². The normalized spacial score (nSPS) is 20.5. The van der Waals surface area contributed by atoms with Crippen molar-refractivity contribution >= 4 is 0 Å². The summed E-state index contributed by atoms with van der Waals surface area (Å²) >= 11 is 0. The van der Waals surface area contributed by atoms with Gasteiger partial charge in [0, 0.05) is 28.9 Å². The third-order valence-corrected chi connectivity index (χ3v) is 5.27. The summed E-state index contributed by atoms with van der Waals surface area (Å²) in [6, 6.07) is 12.3. The van der Waals surface area contributed by atoms with E-state index in [-0.39, 0.29) is 0 Å². The van der Waals surface area contributed by atoms with E-state index in [1.807, 2.05) is 24.3 Å². The third-order valence-electron chi connectivity index (χ3n) is 5.27. The second-order valence-electron chi connectivity index (χ2n) is 6.77. The lowest BCUT2D eigenvalue weighted by Gasteiger charge is -2.27. The molecule has 5 heteroatoms. The molecule has 4 rings (SSSR count). The SMILES string of the molecule is NCC1CCC(c2[nH]nc(-c3ccccc3)c2-c2ccncn2)CC1. The summed E-state index contributed by atoms with van der Waals surface area (Å²) in [5.41, 5.74) is 11.2. The maximum absolute atomic E-state index is 5.85. The second-order valence-corrected chi connectivity index (χ2v) is 6.77. The Morgan fingerprint density at radius 3 is 2.52 bits per heavy atom. The molecule has 2 aromatic heterocycles. The van der Waals surface area contributed by atoms with Crippen LogP contribution in [-0.2, 0) is 0 Å². The van der Waals surface area contributed by atoms with Gasteiger partial charge in [-0.3, -0.25) is 5.10 Å². The smallest absolute Gasteiger partial charge is 0.116 e. The van der Waals surface area contributed by atoms with Crippen molar-refractivity contribution in [2.45, 2.75) is 31.6 Å². The second kappa shape index (κ2) is 7.15. The number of nitrogens with zero attached hydrogens (tertiary/aromatic N) is 3. The highest BCUT2D eigenvalue weighted by molar-refractivity contribution is 5.81. The number of nitrogens with one attached hydrogen (secondary N) is 1. The average Bonchev–Trinajstić information content (AvgIpc) is 3.14. The molecule has 0 bridgehead atoms. The Balaban J connectivity index is 1.76. The molecule has 0 saturated heterocycles. The predicted octanol–water partition coefficient (Wildman–Crippen LogP) is 3.77. The Morgan fingerprint density at radius 1 is 1.04 bits per heavy atom. The average molecular weight is 333 g/mol. The van der Waals surface area contributed by atoms with Crippen molar-refractivity contribution in [3.63, 3.8) is 0 Å². The van der Waals surface area contributed by atoms with Crippen LogP contribution in [0.25, 0.3) is 22.5 Å². The van der Waals surface area contributed by atoms with E-state index in [0.717, 1.165) is 41.9 Å². The monoisotopic (exact) mass is 333 g/mol. The van der Waals surface area contributed by atoms with E-state index >= 15 is 0 Å². The molecule has 0 unspecified atom stereocenters.